The minimum absolute atomic E-state index is 0.203. The predicted octanol–water partition coefficient (Wildman–Crippen LogP) is 3.32. The highest BCUT2D eigenvalue weighted by Gasteiger charge is 2.34. The van der Waals surface area contributed by atoms with Gasteiger partial charge in [0.15, 0.2) is 11.7 Å². The van der Waals surface area contributed by atoms with E-state index in [1.165, 1.54) is 4.90 Å². The van der Waals surface area contributed by atoms with E-state index in [9.17, 15) is 9.59 Å². The third-order valence-electron chi connectivity index (χ3n) is 5.61. The molecular formula is C23H31N5O3. The van der Waals surface area contributed by atoms with E-state index in [0.29, 0.717) is 42.6 Å². The Labute approximate surface area is 183 Å². The maximum Gasteiger partial charge on any atom is 0.261 e. The molecule has 1 aliphatic rings. The Balaban J connectivity index is 1.37. The van der Waals surface area contributed by atoms with Crippen LogP contribution in [0.3, 0.4) is 0 Å². The summed E-state index contributed by atoms with van der Waals surface area (Å²) in [6, 6.07) is 8.97. The molecule has 2 N–H and O–H groups in total. The van der Waals surface area contributed by atoms with Gasteiger partial charge in [-0.05, 0) is 37.8 Å². The highest BCUT2D eigenvalue weighted by molar-refractivity contribution is 6.21. The average molecular weight is 426 g/mol. The molecule has 0 unspecified atom stereocenters. The van der Waals surface area contributed by atoms with Crippen molar-refractivity contribution in [3.8, 4) is 0 Å². The van der Waals surface area contributed by atoms with Crippen LogP contribution in [0.25, 0.3) is 0 Å². The number of rotatable bonds is 10. The molecule has 166 valence electrons. The average Bonchev–Trinajstić information content (AvgIpc) is 3.35. The first-order valence-electron chi connectivity index (χ1n) is 10.9. The number of carbonyl (C=O) groups is 2. The van der Waals surface area contributed by atoms with Crippen LogP contribution in [0.15, 0.2) is 39.8 Å². The van der Waals surface area contributed by atoms with Crippen molar-refractivity contribution in [2.24, 2.45) is 4.99 Å². The lowest BCUT2D eigenvalue weighted by Gasteiger charge is -2.14. The van der Waals surface area contributed by atoms with Crippen molar-refractivity contribution >= 4 is 17.8 Å². The fourth-order valence-electron chi connectivity index (χ4n) is 3.75. The number of amides is 2. The molecule has 0 bridgehead atoms. The molecule has 8 heteroatoms. The van der Waals surface area contributed by atoms with E-state index in [-0.39, 0.29) is 11.8 Å². The second-order valence-electron chi connectivity index (χ2n) is 7.60. The molecule has 2 heterocycles. The number of benzene rings is 1. The van der Waals surface area contributed by atoms with Crippen LogP contribution in [0.5, 0.6) is 0 Å². The minimum Gasteiger partial charge on any atom is -0.359 e. The van der Waals surface area contributed by atoms with Gasteiger partial charge in [-0.1, -0.05) is 31.1 Å². The van der Waals surface area contributed by atoms with Crippen molar-refractivity contribution in [2.45, 2.75) is 52.0 Å². The quantitative estimate of drug-likeness (QED) is 0.262. The van der Waals surface area contributed by atoms with E-state index in [4.69, 9.17) is 4.52 Å². The lowest BCUT2D eigenvalue weighted by Crippen LogP contribution is -2.37. The zero-order chi connectivity index (χ0) is 22.2. The molecule has 31 heavy (non-hydrogen) atoms. The maximum absolute atomic E-state index is 12.4. The van der Waals surface area contributed by atoms with Crippen molar-refractivity contribution < 1.29 is 14.1 Å². The molecule has 2 aromatic rings. The number of aromatic nitrogens is 1. The maximum atomic E-state index is 12.4. The number of nitrogens with one attached hydrogen (secondary N) is 2. The Hall–Kier alpha value is -3.16. The van der Waals surface area contributed by atoms with Gasteiger partial charge in [0.05, 0.1) is 23.4 Å². The van der Waals surface area contributed by atoms with Gasteiger partial charge in [-0.25, -0.2) is 0 Å². The van der Waals surface area contributed by atoms with Crippen LogP contribution in [0.2, 0.25) is 0 Å². The summed E-state index contributed by atoms with van der Waals surface area (Å²) in [5.41, 5.74) is 1.99. The van der Waals surface area contributed by atoms with Gasteiger partial charge in [0.1, 0.15) is 0 Å². The van der Waals surface area contributed by atoms with Crippen LogP contribution >= 0.6 is 0 Å². The molecule has 1 aromatic heterocycles. The number of hydrogen-bond donors (Lipinski definition) is 2. The van der Waals surface area contributed by atoms with Crippen molar-refractivity contribution in [3.63, 3.8) is 0 Å². The van der Waals surface area contributed by atoms with Crippen molar-refractivity contribution in [3.05, 3.63) is 52.9 Å². The summed E-state index contributed by atoms with van der Waals surface area (Å²) in [7, 11) is 1.71. The van der Waals surface area contributed by atoms with Crippen LogP contribution in [0.4, 0.5) is 0 Å². The van der Waals surface area contributed by atoms with E-state index < -0.39 is 0 Å². The Bertz CT molecular complexity index is 898. The number of unbranched alkanes of at least 4 members (excludes halogenated alkanes) is 1. The Morgan fingerprint density at radius 1 is 1.10 bits per heavy atom. The molecule has 0 aliphatic carbocycles. The molecule has 8 nitrogen and oxygen atoms in total. The summed E-state index contributed by atoms with van der Waals surface area (Å²) in [6.07, 6.45) is 3.60. The van der Waals surface area contributed by atoms with Crippen LogP contribution in [-0.2, 0) is 6.54 Å². The zero-order valence-electron chi connectivity index (χ0n) is 18.5. The van der Waals surface area contributed by atoms with Gasteiger partial charge in [-0.15, -0.1) is 0 Å². The van der Waals surface area contributed by atoms with Gasteiger partial charge in [0.2, 0.25) is 0 Å². The molecule has 0 saturated carbocycles. The fraction of sp³-hybridized carbons (Fsp3) is 0.478. The van der Waals surface area contributed by atoms with Crippen molar-refractivity contribution in [1.29, 1.82) is 0 Å². The van der Waals surface area contributed by atoms with Crippen molar-refractivity contribution in [2.75, 3.05) is 20.1 Å². The molecule has 0 saturated heterocycles. The highest BCUT2D eigenvalue weighted by atomic mass is 16.5. The molecule has 0 atom stereocenters. The molecule has 1 aromatic carbocycles. The summed E-state index contributed by atoms with van der Waals surface area (Å²) in [4.78, 5) is 30.3. The van der Waals surface area contributed by atoms with Gasteiger partial charge in [0, 0.05) is 32.1 Å². The van der Waals surface area contributed by atoms with Crippen LogP contribution < -0.4 is 10.6 Å². The predicted molar refractivity (Wildman–Crippen MR) is 119 cm³/mol. The van der Waals surface area contributed by atoms with E-state index in [2.05, 4.69) is 34.6 Å². The zero-order valence-corrected chi connectivity index (χ0v) is 18.5. The van der Waals surface area contributed by atoms with Gasteiger partial charge in [-0.3, -0.25) is 19.5 Å². The topological polar surface area (TPSA) is 99.8 Å². The molecule has 1 aliphatic heterocycles. The van der Waals surface area contributed by atoms with Gasteiger partial charge >= 0.3 is 0 Å². The first-order valence-corrected chi connectivity index (χ1v) is 10.9. The lowest BCUT2D eigenvalue weighted by molar-refractivity contribution is 0.0652. The minimum atomic E-state index is -0.203. The highest BCUT2D eigenvalue weighted by Crippen LogP contribution is 2.23. The molecular weight excluding hydrogens is 394 g/mol. The summed E-state index contributed by atoms with van der Waals surface area (Å²) < 4.78 is 5.43. The van der Waals surface area contributed by atoms with Crippen molar-refractivity contribution in [1.82, 2.24) is 20.7 Å². The van der Waals surface area contributed by atoms with Crippen LogP contribution in [0.1, 0.15) is 77.6 Å². The first-order chi connectivity index (χ1) is 15.1. The van der Waals surface area contributed by atoms with Gasteiger partial charge in [-0.2, -0.15) is 0 Å². The first kappa shape index (κ1) is 22.5. The third kappa shape index (κ3) is 5.31. The smallest absolute Gasteiger partial charge is 0.261 e. The summed E-state index contributed by atoms with van der Waals surface area (Å²) >= 11 is 0. The van der Waals surface area contributed by atoms with Crippen LogP contribution in [0, 0.1) is 0 Å². The number of guanidine groups is 1. The Morgan fingerprint density at radius 2 is 1.77 bits per heavy atom. The SMILES string of the molecule is CCC(CC)c1cc(CNC(=NC)NCCCCN2C(=O)c3ccccc3C2=O)on1. The summed E-state index contributed by atoms with van der Waals surface area (Å²) in [5, 5.41) is 10.6. The molecule has 3 rings (SSSR count). The standard InChI is InChI=1S/C23H31N5O3/c1-4-16(5-2)20-14-17(31-27-20)15-26-23(24-3)25-12-8-9-13-28-21(29)18-10-6-7-11-19(18)22(28)30/h6-7,10-11,14,16H,4-5,8-9,12-13,15H2,1-3H3,(H2,24,25,26). The molecule has 2 amide bonds. The largest absolute Gasteiger partial charge is 0.359 e. The number of carbonyl (C=O) groups excluding carboxylic acids is 2. The summed E-state index contributed by atoms with van der Waals surface area (Å²) in [6.45, 7) is 5.90. The monoisotopic (exact) mass is 425 g/mol. The lowest BCUT2D eigenvalue weighted by atomic mass is 9.99. The number of imide groups is 1. The van der Waals surface area contributed by atoms with E-state index >= 15 is 0 Å². The Kier molecular flexibility index (Phi) is 7.81. The molecule has 0 fully saturated rings. The van der Waals surface area contributed by atoms with Crippen LogP contribution in [-0.4, -0.2) is 48.0 Å². The molecule has 0 radical (unpaired) electrons. The Morgan fingerprint density at radius 3 is 2.39 bits per heavy atom. The van der Waals surface area contributed by atoms with E-state index in [1.54, 1.807) is 31.3 Å². The van der Waals surface area contributed by atoms with E-state index in [0.717, 1.165) is 37.1 Å². The number of fused-ring (bicyclic) bond motifs is 1. The molecule has 0 spiro atoms. The van der Waals surface area contributed by atoms with Gasteiger partial charge in [0.25, 0.3) is 11.8 Å². The number of aliphatic imine (C=N–C) groups is 1. The van der Waals surface area contributed by atoms with Gasteiger partial charge < -0.3 is 15.2 Å². The second kappa shape index (κ2) is 10.7. The fourth-order valence-corrected chi connectivity index (χ4v) is 3.75. The second-order valence-corrected chi connectivity index (χ2v) is 7.60. The number of hydrogen-bond acceptors (Lipinski definition) is 5. The summed E-state index contributed by atoms with van der Waals surface area (Å²) in [5.74, 6) is 1.46. The normalized spacial score (nSPS) is 13.8. The number of nitrogens with zero attached hydrogens (tertiary/aromatic N) is 3. The third-order valence-corrected chi connectivity index (χ3v) is 5.61. The van der Waals surface area contributed by atoms with E-state index in [1.807, 2.05) is 6.07 Å².